The summed E-state index contributed by atoms with van der Waals surface area (Å²) in [6.45, 7) is 2.31. The van der Waals surface area contributed by atoms with Crippen LogP contribution in [0.1, 0.15) is 24.2 Å². The summed E-state index contributed by atoms with van der Waals surface area (Å²) in [5, 5.41) is 14.3. The van der Waals surface area contributed by atoms with Crippen LogP contribution in [0.5, 0.6) is 0 Å². The molecule has 0 aliphatic carbocycles. The molecule has 1 aromatic carbocycles. The quantitative estimate of drug-likeness (QED) is 0.821. The highest BCUT2D eigenvalue weighted by Crippen LogP contribution is 2.09. The molecular formula is C13H16ClN5O. The molecule has 20 heavy (non-hydrogen) atoms. The third kappa shape index (κ3) is 3.77. The van der Waals surface area contributed by atoms with Gasteiger partial charge in [-0.2, -0.15) is 4.68 Å². The first kappa shape index (κ1) is 14.5. The fourth-order valence-electron chi connectivity index (χ4n) is 1.70. The van der Waals surface area contributed by atoms with Gasteiger partial charge < -0.3 is 5.32 Å². The molecule has 1 amide bonds. The molecule has 0 saturated carbocycles. The van der Waals surface area contributed by atoms with Crippen LogP contribution in [0, 0.1) is 6.92 Å². The zero-order valence-corrected chi connectivity index (χ0v) is 12.0. The number of alkyl halides is 1. The average Bonchev–Trinajstić information content (AvgIpc) is 2.92. The highest BCUT2D eigenvalue weighted by molar-refractivity contribution is 6.17. The predicted octanol–water partition coefficient (Wildman–Crippen LogP) is 1.61. The van der Waals surface area contributed by atoms with E-state index in [1.54, 1.807) is 4.68 Å². The molecule has 0 radical (unpaired) electrons. The minimum Gasteiger partial charge on any atom is -0.349 e. The van der Waals surface area contributed by atoms with E-state index in [1.165, 1.54) is 0 Å². The summed E-state index contributed by atoms with van der Waals surface area (Å²) in [6, 6.07) is 7.84. The van der Waals surface area contributed by atoms with E-state index in [0.29, 0.717) is 31.1 Å². The summed E-state index contributed by atoms with van der Waals surface area (Å²) < 4.78 is 1.61. The molecule has 1 aromatic heterocycles. The van der Waals surface area contributed by atoms with E-state index in [1.807, 2.05) is 31.2 Å². The number of aryl methyl sites for hydroxylation is 1. The Morgan fingerprint density at radius 2 is 2.10 bits per heavy atom. The van der Waals surface area contributed by atoms with Crippen molar-refractivity contribution in [2.24, 2.45) is 0 Å². The number of benzene rings is 1. The summed E-state index contributed by atoms with van der Waals surface area (Å²) in [5.41, 5.74) is 2.03. The summed E-state index contributed by atoms with van der Waals surface area (Å²) in [7, 11) is 0. The number of amides is 1. The molecule has 1 heterocycles. The molecule has 0 aliphatic heterocycles. The highest BCUT2D eigenvalue weighted by atomic mass is 35.5. The smallest absolute Gasteiger partial charge is 0.220 e. The van der Waals surface area contributed by atoms with Crippen LogP contribution in [0.15, 0.2) is 24.3 Å². The van der Waals surface area contributed by atoms with Crippen LogP contribution in [-0.4, -0.2) is 32.0 Å². The van der Waals surface area contributed by atoms with Crippen molar-refractivity contribution in [3.05, 3.63) is 35.7 Å². The van der Waals surface area contributed by atoms with Gasteiger partial charge in [0.1, 0.15) is 0 Å². The maximum absolute atomic E-state index is 11.5. The minimum absolute atomic E-state index is 0.0518. The Kier molecular flexibility index (Phi) is 5.06. The topological polar surface area (TPSA) is 72.7 Å². The Morgan fingerprint density at radius 1 is 1.35 bits per heavy atom. The fraction of sp³-hybridized carbons (Fsp3) is 0.385. The van der Waals surface area contributed by atoms with E-state index in [-0.39, 0.29) is 5.91 Å². The molecule has 0 spiro atoms. The number of carbonyl (C=O) groups excluding carboxylic acids is 1. The maximum Gasteiger partial charge on any atom is 0.220 e. The lowest BCUT2D eigenvalue weighted by Gasteiger charge is -2.06. The van der Waals surface area contributed by atoms with Crippen molar-refractivity contribution in [3.63, 3.8) is 0 Å². The van der Waals surface area contributed by atoms with Crippen LogP contribution in [0.3, 0.4) is 0 Å². The molecular weight excluding hydrogens is 278 g/mol. The molecule has 2 rings (SSSR count). The number of hydrogen-bond donors (Lipinski definition) is 1. The molecule has 0 atom stereocenters. The van der Waals surface area contributed by atoms with E-state index in [4.69, 9.17) is 11.6 Å². The zero-order valence-electron chi connectivity index (χ0n) is 11.2. The van der Waals surface area contributed by atoms with E-state index in [0.717, 1.165) is 11.3 Å². The van der Waals surface area contributed by atoms with Crippen LogP contribution in [0.4, 0.5) is 0 Å². The number of aromatic nitrogens is 4. The maximum atomic E-state index is 11.5. The van der Waals surface area contributed by atoms with E-state index >= 15 is 0 Å². The molecule has 0 aliphatic rings. The van der Waals surface area contributed by atoms with Crippen molar-refractivity contribution in [2.75, 3.05) is 5.88 Å². The predicted molar refractivity (Wildman–Crippen MR) is 75.7 cm³/mol. The second-order valence-electron chi connectivity index (χ2n) is 4.41. The van der Waals surface area contributed by atoms with Gasteiger partial charge in [-0.05, 0) is 35.9 Å². The van der Waals surface area contributed by atoms with E-state index < -0.39 is 0 Å². The fourth-order valence-corrected chi connectivity index (χ4v) is 1.83. The molecule has 106 valence electrons. The molecule has 6 nitrogen and oxygen atoms in total. The van der Waals surface area contributed by atoms with Crippen LogP contribution >= 0.6 is 11.6 Å². The van der Waals surface area contributed by atoms with Crippen molar-refractivity contribution < 1.29 is 4.79 Å². The Labute approximate surface area is 122 Å². The van der Waals surface area contributed by atoms with Crippen molar-refractivity contribution in [3.8, 4) is 5.69 Å². The van der Waals surface area contributed by atoms with Crippen molar-refractivity contribution >= 4 is 17.5 Å². The van der Waals surface area contributed by atoms with Crippen molar-refractivity contribution in [1.29, 1.82) is 0 Å². The van der Waals surface area contributed by atoms with Gasteiger partial charge in [-0.25, -0.2) is 0 Å². The van der Waals surface area contributed by atoms with Gasteiger partial charge in [0.2, 0.25) is 5.91 Å². The van der Waals surface area contributed by atoms with Crippen molar-refractivity contribution in [1.82, 2.24) is 25.5 Å². The third-order valence-corrected chi connectivity index (χ3v) is 3.06. The van der Waals surface area contributed by atoms with Gasteiger partial charge in [0.15, 0.2) is 5.82 Å². The summed E-state index contributed by atoms with van der Waals surface area (Å²) in [6.07, 6.45) is 1.08. The number of rotatable bonds is 6. The van der Waals surface area contributed by atoms with Gasteiger partial charge in [0.05, 0.1) is 12.2 Å². The van der Waals surface area contributed by atoms with Crippen molar-refractivity contribution in [2.45, 2.75) is 26.3 Å². The lowest BCUT2D eigenvalue weighted by molar-refractivity contribution is -0.121. The highest BCUT2D eigenvalue weighted by Gasteiger charge is 2.09. The first-order valence-corrected chi connectivity index (χ1v) is 6.91. The van der Waals surface area contributed by atoms with E-state index in [9.17, 15) is 4.79 Å². The van der Waals surface area contributed by atoms with Crippen LogP contribution in [0.2, 0.25) is 0 Å². The SMILES string of the molecule is Cc1ccc(-n2nnnc2CNC(=O)CCCCl)cc1. The van der Waals surface area contributed by atoms with Gasteiger partial charge in [-0.15, -0.1) is 16.7 Å². The number of halogens is 1. The first-order valence-electron chi connectivity index (χ1n) is 6.37. The Hall–Kier alpha value is -1.95. The summed E-state index contributed by atoms with van der Waals surface area (Å²) in [5.74, 6) is 1.02. The monoisotopic (exact) mass is 293 g/mol. The lowest BCUT2D eigenvalue weighted by Crippen LogP contribution is -2.24. The first-order chi connectivity index (χ1) is 9.70. The van der Waals surface area contributed by atoms with Crippen LogP contribution in [-0.2, 0) is 11.3 Å². The molecule has 1 N–H and O–H groups in total. The standard InChI is InChI=1S/C13H16ClN5O/c1-10-4-6-11(7-5-10)19-12(16-17-18-19)9-15-13(20)3-2-8-14/h4-7H,2-3,8-9H2,1H3,(H,15,20). The van der Waals surface area contributed by atoms with Crippen LogP contribution in [0.25, 0.3) is 5.69 Å². The number of tetrazole rings is 1. The Balaban J connectivity index is 2.02. The van der Waals surface area contributed by atoms with Gasteiger partial charge >= 0.3 is 0 Å². The summed E-state index contributed by atoms with van der Waals surface area (Å²) >= 11 is 5.55. The van der Waals surface area contributed by atoms with Crippen LogP contribution < -0.4 is 5.32 Å². The van der Waals surface area contributed by atoms with Gasteiger partial charge in [-0.1, -0.05) is 17.7 Å². The molecule has 0 bridgehead atoms. The Bertz CT molecular complexity index is 566. The Morgan fingerprint density at radius 3 is 2.80 bits per heavy atom. The van der Waals surface area contributed by atoms with Gasteiger partial charge in [0, 0.05) is 12.3 Å². The average molecular weight is 294 g/mol. The number of hydrogen-bond acceptors (Lipinski definition) is 4. The molecule has 0 fully saturated rings. The number of carbonyl (C=O) groups is 1. The molecule has 7 heteroatoms. The zero-order chi connectivity index (χ0) is 14.4. The second kappa shape index (κ2) is 7.00. The lowest BCUT2D eigenvalue weighted by atomic mass is 10.2. The van der Waals surface area contributed by atoms with Gasteiger partial charge in [0.25, 0.3) is 0 Å². The van der Waals surface area contributed by atoms with Gasteiger partial charge in [-0.3, -0.25) is 4.79 Å². The largest absolute Gasteiger partial charge is 0.349 e. The third-order valence-electron chi connectivity index (χ3n) is 2.79. The molecule has 0 unspecified atom stereocenters. The normalized spacial score (nSPS) is 10.5. The summed E-state index contributed by atoms with van der Waals surface area (Å²) in [4.78, 5) is 11.5. The number of nitrogens with zero attached hydrogens (tertiary/aromatic N) is 4. The second-order valence-corrected chi connectivity index (χ2v) is 4.79. The minimum atomic E-state index is -0.0518. The molecule has 0 saturated heterocycles. The van der Waals surface area contributed by atoms with E-state index in [2.05, 4.69) is 20.8 Å². The number of nitrogens with one attached hydrogen (secondary N) is 1. The molecule has 2 aromatic rings.